The average molecular weight is 244 g/mol. The second kappa shape index (κ2) is 5.49. The first-order valence-electron chi connectivity index (χ1n) is 5.93. The molecule has 4 nitrogen and oxygen atoms in total. The summed E-state index contributed by atoms with van der Waals surface area (Å²) in [7, 11) is 1.37. The molecule has 0 unspecified atom stereocenters. The summed E-state index contributed by atoms with van der Waals surface area (Å²) in [5, 5.41) is 0. The van der Waals surface area contributed by atoms with Crippen LogP contribution in [-0.4, -0.2) is 23.0 Å². The number of benzene rings is 1. The zero-order valence-electron chi connectivity index (χ0n) is 10.6. The number of imidazole rings is 1. The van der Waals surface area contributed by atoms with Crippen LogP contribution in [0.5, 0.6) is 0 Å². The van der Waals surface area contributed by atoms with Gasteiger partial charge >= 0.3 is 5.97 Å². The van der Waals surface area contributed by atoms with Gasteiger partial charge in [0, 0.05) is 0 Å². The Balaban J connectivity index is 2.15. The normalized spacial score (nSPS) is 10.3. The lowest BCUT2D eigenvalue weighted by Gasteiger charge is -2.00. The summed E-state index contributed by atoms with van der Waals surface area (Å²) >= 11 is 0. The lowest BCUT2D eigenvalue weighted by molar-refractivity contribution is -0.139. The number of aromatic nitrogens is 2. The van der Waals surface area contributed by atoms with E-state index in [1.807, 2.05) is 12.1 Å². The summed E-state index contributed by atoms with van der Waals surface area (Å²) in [6.07, 6.45) is 2.93. The molecule has 1 N–H and O–H groups in total. The summed E-state index contributed by atoms with van der Waals surface area (Å²) in [4.78, 5) is 18.4. The molecule has 1 heterocycles. The van der Waals surface area contributed by atoms with Crippen LogP contribution >= 0.6 is 0 Å². The Morgan fingerprint density at radius 3 is 2.67 bits per heavy atom. The number of esters is 1. The number of ether oxygens (including phenoxy) is 1. The fourth-order valence-corrected chi connectivity index (χ4v) is 1.73. The highest BCUT2D eigenvalue weighted by atomic mass is 16.5. The predicted octanol–water partition coefficient (Wildman–Crippen LogP) is 2.35. The quantitative estimate of drug-likeness (QED) is 0.840. The van der Waals surface area contributed by atoms with Gasteiger partial charge in [-0.25, -0.2) is 4.98 Å². The van der Waals surface area contributed by atoms with Gasteiger partial charge < -0.3 is 9.72 Å². The van der Waals surface area contributed by atoms with Gasteiger partial charge in [0.1, 0.15) is 12.2 Å². The Hall–Kier alpha value is -2.10. The van der Waals surface area contributed by atoms with Crippen molar-refractivity contribution in [2.75, 3.05) is 7.11 Å². The predicted molar refractivity (Wildman–Crippen MR) is 69.1 cm³/mol. The number of rotatable bonds is 4. The van der Waals surface area contributed by atoms with Crippen molar-refractivity contribution >= 4 is 5.97 Å². The molecule has 2 rings (SSSR count). The van der Waals surface area contributed by atoms with E-state index >= 15 is 0 Å². The highest BCUT2D eigenvalue weighted by Gasteiger charge is 2.07. The molecule has 0 amide bonds. The minimum absolute atomic E-state index is 0.170. The number of aromatic amines is 1. The first-order valence-corrected chi connectivity index (χ1v) is 5.93. The van der Waals surface area contributed by atoms with E-state index in [4.69, 9.17) is 0 Å². The van der Waals surface area contributed by atoms with E-state index in [1.165, 1.54) is 12.7 Å². The molecule has 0 spiro atoms. The number of hydrogen-bond acceptors (Lipinski definition) is 3. The van der Waals surface area contributed by atoms with Crippen LogP contribution < -0.4 is 0 Å². The van der Waals surface area contributed by atoms with Crippen LogP contribution in [0.2, 0.25) is 0 Å². The van der Waals surface area contributed by atoms with Crippen molar-refractivity contribution in [1.29, 1.82) is 0 Å². The van der Waals surface area contributed by atoms with E-state index in [1.54, 1.807) is 6.20 Å². The molecule has 0 fully saturated rings. The van der Waals surface area contributed by atoms with Gasteiger partial charge in [0.2, 0.25) is 0 Å². The van der Waals surface area contributed by atoms with E-state index in [9.17, 15) is 4.79 Å². The summed E-state index contributed by atoms with van der Waals surface area (Å²) in [6, 6.07) is 8.29. The molecule has 0 aliphatic heterocycles. The third kappa shape index (κ3) is 2.77. The van der Waals surface area contributed by atoms with Crippen molar-refractivity contribution in [3.05, 3.63) is 41.9 Å². The first-order chi connectivity index (χ1) is 8.72. The Morgan fingerprint density at radius 1 is 1.33 bits per heavy atom. The standard InChI is InChI=1S/C14H16N2O2/c1-3-10-4-6-11(7-5-10)12-9-15-13(16-12)8-14(17)18-2/h4-7,9H,3,8H2,1-2H3,(H,15,16). The molecule has 0 bridgehead atoms. The Bertz CT molecular complexity index is 529. The van der Waals surface area contributed by atoms with Crippen LogP contribution in [0, 0.1) is 0 Å². The van der Waals surface area contributed by atoms with E-state index in [0.717, 1.165) is 17.7 Å². The number of H-pyrrole nitrogens is 1. The van der Waals surface area contributed by atoms with E-state index < -0.39 is 0 Å². The number of nitrogens with zero attached hydrogens (tertiary/aromatic N) is 1. The third-order valence-corrected chi connectivity index (χ3v) is 2.84. The highest BCUT2D eigenvalue weighted by Crippen LogP contribution is 2.18. The average Bonchev–Trinajstić information content (AvgIpc) is 2.87. The molecule has 0 radical (unpaired) electrons. The van der Waals surface area contributed by atoms with Gasteiger partial charge in [0.05, 0.1) is 19.0 Å². The summed E-state index contributed by atoms with van der Waals surface area (Å²) in [5.41, 5.74) is 3.28. The van der Waals surface area contributed by atoms with Crippen molar-refractivity contribution in [3.8, 4) is 11.3 Å². The van der Waals surface area contributed by atoms with Crippen LogP contribution in [0.3, 0.4) is 0 Å². The topological polar surface area (TPSA) is 55.0 Å². The number of carbonyl (C=O) groups excluding carboxylic acids is 1. The minimum Gasteiger partial charge on any atom is -0.469 e. The van der Waals surface area contributed by atoms with Crippen LogP contribution in [0.25, 0.3) is 11.3 Å². The van der Waals surface area contributed by atoms with Gasteiger partial charge in [-0.2, -0.15) is 0 Å². The molecule has 94 valence electrons. The second-order valence-corrected chi connectivity index (χ2v) is 4.05. The second-order valence-electron chi connectivity index (χ2n) is 4.05. The summed E-state index contributed by atoms with van der Waals surface area (Å²) < 4.78 is 4.60. The Morgan fingerprint density at radius 2 is 2.06 bits per heavy atom. The van der Waals surface area contributed by atoms with Crippen LogP contribution in [0.4, 0.5) is 0 Å². The molecule has 1 aromatic carbocycles. The lowest BCUT2D eigenvalue weighted by atomic mass is 10.1. The van der Waals surface area contributed by atoms with E-state index in [0.29, 0.717) is 5.82 Å². The zero-order chi connectivity index (χ0) is 13.0. The molecular formula is C14H16N2O2. The fraction of sp³-hybridized carbons (Fsp3) is 0.286. The van der Waals surface area contributed by atoms with Crippen LogP contribution in [0.15, 0.2) is 30.5 Å². The highest BCUT2D eigenvalue weighted by molar-refractivity contribution is 5.71. The van der Waals surface area contributed by atoms with Gasteiger partial charge in [-0.15, -0.1) is 0 Å². The smallest absolute Gasteiger partial charge is 0.313 e. The van der Waals surface area contributed by atoms with Crippen molar-refractivity contribution < 1.29 is 9.53 Å². The van der Waals surface area contributed by atoms with Crippen molar-refractivity contribution in [2.45, 2.75) is 19.8 Å². The number of hydrogen-bond donors (Lipinski definition) is 1. The van der Waals surface area contributed by atoms with E-state index in [-0.39, 0.29) is 12.4 Å². The molecule has 0 aliphatic carbocycles. The fourth-order valence-electron chi connectivity index (χ4n) is 1.73. The number of aryl methyl sites for hydroxylation is 1. The van der Waals surface area contributed by atoms with Gasteiger partial charge in [-0.05, 0) is 17.5 Å². The number of nitrogens with one attached hydrogen (secondary N) is 1. The molecule has 0 saturated carbocycles. The molecular weight excluding hydrogens is 228 g/mol. The Kier molecular flexibility index (Phi) is 3.77. The largest absolute Gasteiger partial charge is 0.469 e. The molecule has 0 atom stereocenters. The SMILES string of the molecule is CCc1ccc(-c2cnc(CC(=O)OC)[nH]2)cc1. The van der Waals surface area contributed by atoms with Gasteiger partial charge in [0.25, 0.3) is 0 Å². The maximum Gasteiger partial charge on any atom is 0.313 e. The number of carbonyl (C=O) groups is 1. The van der Waals surface area contributed by atoms with Crippen molar-refractivity contribution in [2.24, 2.45) is 0 Å². The molecule has 18 heavy (non-hydrogen) atoms. The summed E-state index contributed by atoms with van der Waals surface area (Å²) in [6.45, 7) is 2.12. The lowest BCUT2D eigenvalue weighted by Crippen LogP contribution is -2.05. The first kappa shape index (κ1) is 12.4. The van der Waals surface area contributed by atoms with E-state index in [2.05, 4.69) is 33.8 Å². The van der Waals surface area contributed by atoms with Crippen molar-refractivity contribution in [3.63, 3.8) is 0 Å². The summed E-state index contributed by atoms with van der Waals surface area (Å²) in [5.74, 6) is 0.327. The van der Waals surface area contributed by atoms with Crippen LogP contribution in [0.1, 0.15) is 18.3 Å². The maximum absolute atomic E-state index is 11.1. The monoisotopic (exact) mass is 244 g/mol. The molecule has 1 aromatic heterocycles. The van der Waals surface area contributed by atoms with Gasteiger partial charge in [-0.1, -0.05) is 31.2 Å². The molecule has 0 saturated heterocycles. The van der Waals surface area contributed by atoms with Crippen molar-refractivity contribution in [1.82, 2.24) is 9.97 Å². The molecule has 4 heteroatoms. The molecule has 2 aromatic rings. The third-order valence-electron chi connectivity index (χ3n) is 2.84. The van der Waals surface area contributed by atoms with Crippen LogP contribution in [-0.2, 0) is 22.4 Å². The minimum atomic E-state index is -0.294. The zero-order valence-corrected chi connectivity index (χ0v) is 10.6. The maximum atomic E-state index is 11.1. The van der Waals surface area contributed by atoms with Gasteiger partial charge in [-0.3, -0.25) is 4.79 Å². The Labute approximate surface area is 106 Å². The molecule has 0 aliphatic rings. The number of methoxy groups -OCH3 is 1. The van der Waals surface area contributed by atoms with Gasteiger partial charge in [0.15, 0.2) is 0 Å².